The summed E-state index contributed by atoms with van der Waals surface area (Å²) in [7, 11) is 1.62. The fourth-order valence-corrected chi connectivity index (χ4v) is 2.29. The maximum Gasteiger partial charge on any atom is 0.338 e. The van der Waals surface area contributed by atoms with Gasteiger partial charge in [0.1, 0.15) is 12.4 Å². The van der Waals surface area contributed by atoms with Crippen LogP contribution in [0.25, 0.3) is 0 Å². The number of anilines is 2. The van der Waals surface area contributed by atoms with Gasteiger partial charge in [-0.2, -0.15) is 0 Å². The predicted octanol–water partition coefficient (Wildman–Crippen LogP) is 3.33. The third-order valence-electron chi connectivity index (χ3n) is 3.68. The molecule has 7 heteroatoms. The van der Waals surface area contributed by atoms with Gasteiger partial charge in [-0.05, 0) is 42.8 Å². The van der Waals surface area contributed by atoms with Gasteiger partial charge in [0, 0.05) is 24.6 Å². The van der Waals surface area contributed by atoms with E-state index in [9.17, 15) is 9.59 Å². The number of hydrogen-bond acceptors (Lipinski definition) is 6. The van der Waals surface area contributed by atoms with Crippen molar-refractivity contribution in [3.8, 4) is 5.75 Å². The Kier molecular flexibility index (Phi) is 8.81. The van der Waals surface area contributed by atoms with Gasteiger partial charge in [-0.15, -0.1) is 0 Å². The molecule has 0 radical (unpaired) electrons. The van der Waals surface area contributed by atoms with Crippen molar-refractivity contribution in [2.75, 3.05) is 44.1 Å². The number of amides is 1. The highest BCUT2D eigenvalue weighted by atomic mass is 16.5. The largest absolute Gasteiger partial charge is 0.491 e. The summed E-state index contributed by atoms with van der Waals surface area (Å²) >= 11 is 0. The quantitative estimate of drug-likeness (QED) is 0.455. The summed E-state index contributed by atoms with van der Waals surface area (Å²) in [6, 6.07) is 14.0. The Morgan fingerprint density at radius 3 is 2.46 bits per heavy atom. The van der Waals surface area contributed by atoms with E-state index in [2.05, 4.69) is 10.6 Å². The molecule has 7 nitrogen and oxygen atoms in total. The third-order valence-corrected chi connectivity index (χ3v) is 3.68. The van der Waals surface area contributed by atoms with E-state index in [0.29, 0.717) is 36.8 Å². The fraction of sp³-hybridized carbons (Fsp3) is 0.333. The first-order valence-electron chi connectivity index (χ1n) is 9.15. The van der Waals surface area contributed by atoms with E-state index in [1.54, 1.807) is 31.4 Å². The van der Waals surface area contributed by atoms with E-state index in [1.807, 2.05) is 31.2 Å². The summed E-state index contributed by atoms with van der Waals surface area (Å²) in [6.45, 7) is 3.39. The monoisotopic (exact) mass is 386 g/mol. The molecule has 2 aromatic rings. The summed E-state index contributed by atoms with van der Waals surface area (Å²) in [5.41, 5.74) is 1.84. The second-order valence-corrected chi connectivity index (χ2v) is 5.98. The van der Waals surface area contributed by atoms with Crippen LogP contribution in [0.5, 0.6) is 5.75 Å². The van der Waals surface area contributed by atoms with Crippen LogP contribution in [0.15, 0.2) is 48.5 Å². The van der Waals surface area contributed by atoms with Gasteiger partial charge < -0.3 is 24.8 Å². The molecule has 0 unspecified atom stereocenters. The average molecular weight is 386 g/mol. The Bertz CT molecular complexity index is 762. The Morgan fingerprint density at radius 1 is 0.964 bits per heavy atom. The van der Waals surface area contributed by atoms with E-state index < -0.39 is 0 Å². The molecule has 0 aliphatic carbocycles. The molecule has 150 valence electrons. The minimum absolute atomic E-state index is 0.0990. The van der Waals surface area contributed by atoms with Gasteiger partial charge in [0.15, 0.2) is 0 Å². The molecule has 0 bridgehead atoms. The van der Waals surface area contributed by atoms with Crippen LogP contribution < -0.4 is 15.4 Å². The summed E-state index contributed by atoms with van der Waals surface area (Å²) in [5, 5.41) is 5.83. The van der Waals surface area contributed by atoms with Crippen molar-refractivity contribution in [1.29, 1.82) is 0 Å². The second-order valence-electron chi connectivity index (χ2n) is 5.98. The first-order chi connectivity index (χ1) is 13.6. The molecule has 0 fully saturated rings. The minimum atomic E-state index is -0.367. The van der Waals surface area contributed by atoms with Gasteiger partial charge in [0.05, 0.1) is 25.3 Å². The number of hydrogen-bond donors (Lipinski definition) is 2. The summed E-state index contributed by atoms with van der Waals surface area (Å²) < 4.78 is 15.6. The van der Waals surface area contributed by atoms with Crippen molar-refractivity contribution in [2.45, 2.75) is 13.3 Å². The Labute approximate surface area is 165 Å². The minimum Gasteiger partial charge on any atom is -0.491 e. The van der Waals surface area contributed by atoms with Crippen molar-refractivity contribution in [3.63, 3.8) is 0 Å². The lowest BCUT2D eigenvalue weighted by atomic mass is 10.2. The topological polar surface area (TPSA) is 85.9 Å². The van der Waals surface area contributed by atoms with Crippen molar-refractivity contribution in [1.82, 2.24) is 0 Å². The molecule has 0 saturated heterocycles. The fourth-order valence-electron chi connectivity index (χ4n) is 2.29. The van der Waals surface area contributed by atoms with Crippen LogP contribution in [0.2, 0.25) is 0 Å². The SMILES string of the molecule is CCCOC(=O)c1ccc(NC(=O)CNc2cccc(OCCOC)c2)cc1. The van der Waals surface area contributed by atoms with E-state index in [0.717, 1.165) is 12.1 Å². The lowest BCUT2D eigenvalue weighted by Gasteiger charge is -2.10. The number of rotatable bonds is 11. The summed E-state index contributed by atoms with van der Waals surface area (Å²) in [4.78, 5) is 23.9. The van der Waals surface area contributed by atoms with Gasteiger partial charge >= 0.3 is 5.97 Å². The van der Waals surface area contributed by atoms with Crippen molar-refractivity contribution in [3.05, 3.63) is 54.1 Å². The molecule has 0 aliphatic heterocycles. The normalized spacial score (nSPS) is 10.2. The molecule has 0 saturated carbocycles. The molecule has 2 N–H and O–H groups in total. The highest BCUT2D eigenvalue weighted by Crippen LogP contribution is 2.17. The van der Waals surface area contributed by atoms with Gasteiger partial charge in [0.25, 0.3) is 0 Å². The van der Waals surface area contributed by atoms with Crippen LogP contribution in [0.4, 0.5) is 11.4 Å². The van der Waals surface area contributed by atoms with Crippen LogP contribution in [0, 0.1) is 0 Å². The maximum absolute atomic E-state index is 12.1. The van der Waals surface area contributed by atoms with Gasteiger partial charge in [-0.25, -0.2) is 4.79 Å². The van der Waals surface area contributed by atoms with Gasteiger partial charge in [0.2, 0.25) is 5.91 Å². The lowest BCUT2D eigenvalue weighted by Crippen LogP contribution is -2.21. The van der Waals surface area contributed by atoms with Crippen LogP contribution in [-0.4, -0.2) is 45.4 Å². The molecule has 1 amide bonds. The van der Waals surface area contributed by atoms with E-state index in [-0.39, 0.29) is 18.4 Å². The zero-order chi connectivity index (χ0) is 20.2. The number of esters is 1. The van der Waals surface area contributed by atoms with E-state index in [1.165, 1.54) is 0 Å². The van der Waals surface area contributed by atoms with E-state index >= 15 is 0 Å². The standard InChI is InChI=1S/C21H26N2O5/c1-3-11-28-21(25)16-7-9-17(10-8-16)23-20(24)15-22-18-5-4-6-19(14-18)27-13-12-26-2/h4-10,14,22H,3,11-13,15H2,1-2H3,(H,23,24). The molecule has 0 atom stereocenters. The van der Waals surface area contributed by atoms with Crippen molar-refractivity contribution in [2.24, 2.45) is 0 Å². The molecular weight excluding hydrogens is 360 g/mol. The van der Waals surface area contributed by atoms with Crippen LogP contribution in [-0.2, 0) is 14.3 Å². The number of carbonyl (C=O) groups is 2. The molecule has 2 aromatic carbocycles. The number of methoxy groups -OCH3 is 1. The number of ether oxygens (including phenoxy) is 3. The Morgan fingerprint density at radius 2 is 1.75 bits per heavy atom. The van der Waals surface area contributed by atoms with Gasteiger partial charge in [-0.1, -0.05) is 13.0 Å². The molecular formula is C21H26N2O5. The number of benzene rings is 2. The molecule has 2 rings (SSSR count). The van der Waals surface area contributed by atoms with Gasteiger partial charge in [-0.3, -0.25) is 4.79 Å². The Hall–Kier alpha value is -3.06. The zero-order valence-electron chi connectivity index (χ0n) is 16.2. The first-order valence-corrected chi connectivity index (χ1v) is 9.15. The third kappa shape index (κ3) is 7.28. The summed E-state index contributed by atoms with van der Waals surface area (Å²) in [6.07, 6.45) is 0.773. The number of carbonyl (C=O) groups excluding carboxylic acids is 2. The van der Waals surface area contributed by atoms with Crippen LogP contribution in [0.3, 0.4) is 0 Å². The number of nitrogens with one attached hydrogen (secondary N) is 2. The predicted molar refractivity (Wildman–Crippen MR) is 108 cm³/mol. The molecule has 0 aromatic heterocycles. The first kappa shape index (κ1) is 21.2. The smallest absolute Gasteiger partial charge is 0.338 e. The maximum atomic E-state index is 12.1. The Balaban J connectivity index is 1.81. The molecule has 0 spiro atoms. The van der Waals surface area contributed by atoms with Crippen molar-refractivity contribution < 1.29 is 23.8 Å². The highest BCUT2D eigenvalue weighted by molar-refractivity contribution is 5.95. The second kappa shape index (κ2) is 11.6. The van der Waals surface area contributed by atoms with Crippen LogP contribution in [0.1, 0.15) is 23.7 Å². The highest BCUT2D eigenvalue weighted by Gasteiger charge is 2.08. The van der Waals surface area contributed by atoms with Crippen molar-refractivity contribution >= 4 is 23.3 Å². The van der Waals surface area contributed by atoms with E-state index in [4.69, 9.17) is 14.2 Å². The zero-order valence-corrected chi connectivity index (χ0v) is 16.2. The molecule has 0 aliphatic rings. The summed E-state index contributed by atoms with van der Waals surface area (Å²) in [5.74, 6) is 0.133. The molecule has 0 heterocycles. The average Bonchev–Trinajstić information content (AvgIpc) is 2.71. The lowest BCUT2D eigenvalue weighted by molar-refractivity contribution is -0.114. The van der Waals surface area contributed by atoms with Crippen LogP contribution >= 0.6 is 0 Å². The molecule has 28 heavy (non-hydrogen) atoms.